The molecule has 15 heavy (non-hydrogen) atoms. The van der Waals surface area contributed by atoms with E-state index in [4.69, 9.17) is 10.5 Å². The minimum atomic E-state index is -0.265. The summed E-state index contributed by atoms with van der Waals surface area (Å²) in [6.07, 6.45) is 0.816. The lowest BCUT2D eigenvalue weighted by molar-refractivity contribution is 0.195. The maximum atomic E-state index is 13.4. The van der Waals surface area contributed by atoms with Crippen LogP contribution in [0.15, 0.2) is 12.1 Å². The lowest BCUT2D eigenvalue weighted by Gasteiger charge is -2.29. The Bertz CT molecular complexity index is 376. The molecule has 0 saturated heterocycles. The van der Waals surface area contributed by atoms with Gasteiger partial charge >= 0.3 is 0 Å². The number of hydrogen-bond donors (Lipinski definition) is 1. The summed E-state index contributed by atoms with van der Waals surface area (Å²) in [6.45, 7) is 4.46. The van der Waals surface area contributed by atoms with Crippen LogP contribution in [0.5, 0.6) is 5.75 Å². The van der Waals surface area contributed by atoms with Gasteiger partial charge in [-0.25, -0.2) is 4.39 Å². The van der Waals surface area contributed by atoms with Crippen molar-refractivity contribution in [2.75, 3.05) is 6.61 Å². The molecule has 82 valence electrons. The second kappa shape index (κ2) is 3.81. The third kappa shape index (κ3) is 1.84. The molecular weight excluding hydrogens is 193 g/mol. The van der Waals surface area contributed by atoms with Crippen molar-refractivity contribution in [1.82, 2.24) is 0 Å². The first kappa shape index (κ1) is 10.4. The Labute approximate surface area is 89.2 Å². The quantitative estimate of drug-likeness (QED) is 0.768. The van der Waals surface area contributed by atoms with Gasteiger partial charge in [0, 0.05) is 17.5 Å². The van der Waals surface area contributed by atoms with E-state index in [1.165, 1.54) is 6.07 Å². The van der Waals surface area contributed by atoms with Gasteiger partial charge in [-0.05, 0) is 31.9 Å². The van der Waals surface area contributed by atoms with E-state index in [0.717, 1.165) is 17.5 Å². The summed E-state index contributed by atoms with van der Waals surface area (Å²) in [5.41, 5.74) is 7.89. The number of aryl methyl sites for hydroxylation is 1. The van der Waals surface area contributed by atoms with Crippen molar-refractivity contribution in [1.29, 1.82) is 0 Å². The molecule has 2 rings (SSSR count). The van der Waals surface area contributed by atoms with E-state index in [-0.39, 0.29) is 17.8 Å². The molecule has 0 amide bonds. The monoisotopic (exact) mass is 209 g/mol. The molecule has 1 aromatic carbocycles. The van der Waals surface area contributed by atoms with E-state index in [1.807, 2.05) is 13.8 Å². The maximum Gasteiger partial charge on any atom is 0.165 e. The molecule has 1 aliphatic heterocycles. The summed E-state index contributed by atoms with van der Waals surface area (Å²) < 4.78 is 18.9. The van der Waals surface area contributed by atoms with Gasteiger partial charge in [0.2, 0.25) is 0 Å². The highest BCUT2D eigenvalue weighted by molar-refractivity contribution is 5.42. The number of ether oxygens (including phenoxy) is 1. The van der Waals surface area contributed by atoms with E-state index in [9.17, 15) is 4.39 Å². The Morgan fingerprint density at radius 3 is 2.93 bits per heavy atom. The second-order valence-corrected chi connectivity index (χ2v) is 4.31. The van der Waals surface area contributed by atoms with Crippen LogP contribution in [-0.4, -0.2) is 12.6 Å². The fourth-order valence-corrected chi connectivity index (χ4v) is 1.96. The minimum absolute atomic E-state index is 0.0841. The highest BCUT2D eigenvalue weighted by Gasteiger charge is 2.26. The lowest BCUT2D eigenvalue weighted by atomic mass is 9.89. The number of fused-ring (bicyclic) bond motifs is 1. The average Bonchev–Trinajstić information content (AvgIpc) is 2.23. The standard InChI is InChI=1S/C12H16FNO/c1-7-3-4-11(13)12-10(7)5-9(6-15-12)8(2)14/h3-4,8-9H,5-6,14H2,1-2H3/t8-,9?/m0/s1. The van der Waals surface area contributed by atoms with Gasteiger partial charge in [0.1, 0.15) is 0 Å². The number of rotatable bonds is 1. The predicted octanol–water partition coefficient (Wildman–Crippen LogP) is 2.03. The average molecular weight is 209 g/mol. The van der Waals surface area contributed by atoms with Crippen LogP contribution in [0.4, 0.5) is 4.39 Å². The molecule has 1 heterocycles. The van der Waals surface area contributed by atoms with Crippen molar-refractivity contribution in [3.8, 4) is 5.75 Å². The first-order chi connectivity index (χ1) is 7.09. The Morgan fingerprint density at radius 1 is 1.53 bits per heavy atom. The third-order valence-corrected chi connectivity index (χ3v) is 3.10. The van der Waals surface area contributed by atoms with Gasteiger partial charge in [-0.3, -0.25) is 0 Å². The Balaban J connectivity index is 2.36. The summed E-state index contributed by atoms with van der Waals surface area (Å²) in [6, 6.07) is 3.34. The van der Waals surface area contributed by atoms with Crippen molar-refractivity contribution in [3.05, 3.63) is 29.1 Å². The van der Waals surface area contributed by atoms with Crippen molar-refractivity contribution < 1.29 is 9.13 Å². The largest absolute Gasteiger partial charge is 0.490 e. The SMILES string of the molecule is Cc1ccc(F)c2c1CC([C@H](C)N)CO2. The third-order valence-electron chi connectivity index (χ3n) is 3.10. The predicted molar refractivity (Wildman–Crippen MR) is 57.5 cm³/mol. The first-order valence-corrected chi connectivity index (χ1v) is 5.26. The van der Waals surface area contributed by atoms with Crippen LogP contribution in [0, 0.1) is 18.7 Å². The van der Waals surface area contributed by atoms with E-state index in [2.05, 4.69) is 0 Å². The lowest BCUT2D eigenvalue weighted by Crippen LogP contribution is -2.35. The number of nitrogens with two attached hydrogens (primary N) is 1. The fraction of sp³-hybridized carbons (Fsp3) is 0.500. The molecule has 3 heteroatoms. The van der Waals surface area contributed by atoms with Crippen LogP contribution in [-0.2, 0) is 6.42 Å². The van der Waals surface area contributed by atoms with Crippen LogP contribution in [0.3, 0.4) is 0 Å². The van der Waals surface area contributed by atoms with Crippen molar-refractivity contribution >= 4 is 0 Å². The van der Waals surface area contributed by atoms with Gasteiger partial charge in [-0.15, -0.1) is 0 Å². The zero-order valence-electron chi connectivity index (χ0n) is 9.09. The summed E-state index contributed by atoms with van der Waals surface area (Å²) in [7, 11) is 0. The summed E-state index contributed by atoms with van der Waals surface area (Å²) in [5.74, 6) is 0.448. The zero-order valence-corrected chi connectivity index (χ0v) is 9.09. The molecule has 2 N–H and O–H groups in total. The van der Waals surface area contributed by atoms with Crippen LogP contribution in [0.25, 0.3) is 0 Å². The molecule has 1 aliphatic rings. The molecule has 0 spiro atoms. The molecule has 1 unspecified atom stereocenters. The topological polar surface area (TPSA) is 35.2 Å². The minimum Gasteiger partial charge on any atom is -0.490 e. The van der Waals surface area contributed by atoms with E-state index < -0.39 is 0 Å². The smallest absolute Gasteiger partial charge is 0.165 e. The van der Waals surface area contributed by atoms with Gasteiger partial charge < -0.3 is 10.5 Å². The van der Waals surface area contributed by atoms with Gasteiger partial charge in [0.15, 0.2) is 11.6 Å². The molecule has 0 aromatic heterocycles. The Kier molecular flexibility index (Phi) is 2.65. The van der Waals surface area contributed by atoms with Crippen LogP contribution in [0.2, 0.25) is 0 Å². The summed E-state index contributed by atoms with van der Waals surface area (Å²) >= 11 is 0. The molecule has 0 radical (unpaired) electrons. The Morgan fingerprint density at radius 2 is 2.27 bits per heavy atom. The van der Waals surface area contributed by atoms with Gasteiger partial charge in [-0.2, -0.15) is 0 Å². The molecule has 2 nitrogen and oxygen atoms in total. The maximum absolute atomic E-state index is 13.4. The molecule has 1 aromatic rings. The highest BCUT2D eigenvalue weighted by Crippen LogP contribution is 2.33. The number of hydrogen-bond acceptors (Lipinski definition) is 2. The molecule has 0 fully saturated rings. The molecular formula is C12H16FNO. The molecule has 2 atom stereocenters. The van der Waals surface area contributed by atoms with Gasteiger partial charge in [0.25, 0.3) is 0 Å². The highest BCUT2D eigenvalue weighted by atomic mass is 19.1. The van der Waals surface area contributed by atoms with Crippen molar-refractivity contribution in [3.63, 3.8) is 0 Å². The Hall–Kier alpha value is -1.09. The number of halogens is 1. The van der Waals surface area contributed by atoms with E-state index >= 15 is 0 Å². The van der Waals surface area contributed by atoms with E-state index in [0.29, 0.717) is 12.4 Å². The normalized spacial score (nSPS) is 21.7. The number of benzene rings is 1. The van der Waals surface area contributed by atoms with Crippen molar-refractivity contribution in [2.24, 2.45) is 11.7 Å². The van der Waals surface area contributed by atoms with Crippen molar-refractivity contribution in [2.45, 2.75) is 26.3 Å². The van der Waals surface area contributed by atoms with E-state index in [1.54, 1.807) is 6.07 Å². The molecule has 0 aliphatic carbocycles. The van der Waals surface area contributed by atoms with Crippen LogP contribution >= 0.6 is 0 Å². The van der Waals surface area contributed by atoms with Crippen LogP contribution < -0.4 is 10.5 Å². The molecule has 0 saturated carbocycles. The summed E-state index contributed by atoms with van der Waals surface area (Å²) in [4.78, 5) is 0. The van der Waals surface area contributed by atoms with Gasteiger partial charge in [-0.1, -0.05) is 6.07 Å². The summed E-state index contributed by atoms with van der Waals surface area (Å²) in [5, 5.41) is 0. The van der Waals surface area contributed by atoms with Crippen LogP contribution in [0.1, 0.15) is 18.1 Å². The first-order valence-electron chi connectivity index (χ1n) is 5.26. The van der Waals surface area contributed by atoms with Gasteiger partial charge in [0.05, 0.1) is 6.61 Å². The molecule has 0 bridgehead atoms. The fourth-order valence-electron chi connectivity index (χ4n) is 1.96. The second-order valence-electron chi connectivity index (χ2n) is 4.31. The zero-order chi connectivity index (χ0) is 11.0.